The predicted molar refractivity (Wildman–Crippen MR) is 90.9 cm³/mol. The number of hydrogen-bond donors (Lipinski definition) is 1. The lowest BCUT2D eigenvalue weighted by Crippen LogP contribution is -2.24. The molecule has 1 atom stereocenters. The molecule has 2 nitrogen and oxygen atoms in total. The molecule has 1 aromatic carbocycles. The molecule has 1 N–H and O–H groups in total. The van der Waals surface area contributed by atoms with Crippen molar-refractivity contribution >= 4 is 31.9 Å². The highest BCUT2D eigenvalue weighted by Crippen LogP contribution is 2.27. The van der Waals surface area contributed by atoms with Crippen LogP contribution in [0.15, 0.2) is 39.4 Å². The largest absolute Gasteiger partial charge is 0.309 e. The third-order valence-electron chi connectivity index (χ3n) is 3.35. The van der Waals surface area contributed by atoms with E-state index in [1.54, 1.807) is 12.3 Å². The average molecular weight is 416 g/mol. The molecule has 0 saturated carbocycles. The minimum Gasteiger partial charge on any atom is -0.309 e. The van der Waals surface area contributed by atoms with Crippen molar-refractivity contribution in [3.8, 4) is 0 Å². The van der Waals surface area contributed by atoms with Crippen molar-refractivity contribution in [3.05, 3.63) is 62.0 Å². The van der Waals surface area contributed by atoms with Gasteiger partial charge in [0.2, 0.25) is 0 Å². The lowest BCUT2D eigenvalue weighted by atomic mass is 9.98. The molecule has 1 aromatic heterocycles. The van der Waals surface area contributed by atoms with Crippen molar-refractivity contribution in [1.82, 2.24) is 10.3 Å². The Labute approximate surface area is 141 Å². The van der Waals surface area contributed by atoms with E-state index in [1.165, 1.54) is 6.07 Å². The van der Waals surface area contributed by atoms with Gasteiger partial charge in [0.25, 0.3) is 0 Å². The van der Waals surface area contributed by atoms with E-state index >= 15 is 0 Å². The normalized spacial score (nSPS) is 12.4. The van der Waals surface area contributed by atoms with E-state index in [9.17, 15) is 4.39 Å². The van der Waals surface area contributed by atoms with E-state index < -0.39 is 0 Å². The van der Waals surface area contributed by atoms with Crippen LogP contribution in [0.4, 0.5) is 4.39 Å². The molecule has 0 aliphatic heterocycles. The van der Waals surface area contributed by atoms with Gasteiger partial charge < -0.3 is 5.32 Å². The second-order valence-electron chi connectivity index (χ2n) is 4.91. The zero-order valence-electron chi connectivity index (χ0n) is 12.0. The molecule has 0 aliphatic rings. The van der Waals surface area contributed by atoms with Crippen molar-refractivity contribution in [3.63, 3.8) is 0 Å². The molecular formula is C16H17Br2FN2. The van der Waals surface area contributed by atoms with Gasteiger partial charge in [-0.2, -0.15) is 0 Å². The van der Waals surface area contributed by atoms with Crippen LogP contribution < -0.4 is 5.32 Å². The molecule has 1 heterocycles. The third kappa shape index (κ3) is 4.34. The van der Waals surface area contributed by atoms with E-state index in [-0.39, 0.29) is 11.9 Å². The van der Waals surface area contributed by atoms with Gasteiger partial charge in [0.1, 0.15) is 5.82 Å². The van der Waals surface area contributed by atoms with E-state index in [0.717, 1.165) is 38.7 Å². The number of likely N-dealkylation sites (N-methyl/N-ethyl adjacent to an activating group) is 1. The highest BCUT2D eigenvalue weighted by Gasteiger charge is 2.17. The molecule has 2 rings (SSSR count). The van der Waals surface area contributed by atoms with E-state index in [4.69, 9.17) is 0 Å². The summed E-state index contributed by atoms with van der Waals surface area (Å²) in [5, 5.41) is 3.45. The molecule has 0 aliphatic carbocycles. The Morgan fingerprint density at radius 2 is 2.05 bits per heavy atom. The Morgan fingerprint density at radius 3 is 2.67 bits per heavy atom. The van der Waals surface area contributed by atoms with Crippen molar-refractivity contribution in [2.24, 2.45) is 0 Å². The molecular weight excluding hydrogens is 399 g/mol. The first kappa shape index (κ1) is 16.6. The quantitative estimate of drug-likeness (QED) is 0.747. The molecule has 112 valence electrons. The smallest absolute Gasteiger partial charge is 0.123 e. The summed E-state index contributed by atoms with van der Waals surface area (Å²) in [6.07, 6.45) is 2.56. The number of aryl methyl sites for hydroxylation is 1. The summed E-state index contributed by atoms with van der Waals surface area (Å²) in [5.41, 5.74) is 3.05. The van der Waals surface area contributed by atoms with Crippen LogP contribution in [0.1, 0.15) is 29.8 Å². The minimum absolute atomic E-state index is 0.0848. The Morgan fingerprint density at radius 1 is 1.29 bits per heavy atom. The van der Waals surface area contributed by atoms with Gasteiger partial charge in [-0.15, -0.1) is 0 Å². The number of aromatic nitrogens is 1. The van der Waals surface area contributed by atoms with Crippen molar-refractivity contribution in [1.29, 1.82) is 0 Å². The van der Waals surface area contributed by atoms with E-state index in [2.05, 4.69) is 49.1 Å². The van der Waals surface area contributed by atoms with Crippen LogP contribution in [-0.4, -0.2) is 11.5 Å². The summed E-state index contributed by atoms with van der Waals surface area (Å²) >= 11 is 6.98. The number of halogens is 3. The lowest BCUT2D eigenvalue weighted by molar-refractivity contribution is 0.532. The second kappa shape index (κ2) is 7.47. The van der Waals surface area contributed by atoms with Crippen LogP contribution in [0.3, 0.4) is 0 Å². The van der Waals surface area contributed by atoms with Crippen LogP contribution in [-0.2, 0) is 6.42 Å². The van der Waals surface area contributed by atoms with Gasteiger partial charge in [-0.25, -0.2) is 4.39 Å². The van der Waals surface area contributed by atoms with Crippen LogP contribution in [0.2, 0.25) is 0 Å². The van der Waals surface area contributed by atoms with Crippen molar-refractivity contribution in [2.75, 3.05) is 6.54 Å². The zero-order valence-corrected chi connectivity index (χ0v) is 15.1. The molecule has 21 heavy (non-hydrogen) atoms. The summed E-state index contributed by atoms with van der Waals surface area (Å²) in [4.78, 5) is 4.51. The van der Waals surface area contributed by atoms with Crippen LogP contribution in [0.5, 0.6) is 0 Å². The maximum atomic E-state index is 13.2. The molecule has 2 aromatic rings. The van der Waals surface area contributed by atoms with Gasteiger partial charge >= 0.3 is 0 Å². The summed E-state index contributed by atoms with van der Waals surface area (Å²) < 4.78 is 15.1. The Kier molecular flexibility index (Phi) is 5.90. The second-order valence-corrected chi connectivity index (χ2v) is 6.68. The third-order valence-corrected chi connectivity index (χ3v) is 4.41. The molecule has 0 fully saturated rings. The molecule has 0 amide bonds. The van der Waals surface area contributed by atoms with Gasteiger partial charge in [-0.05, 0) is 81.1 Å². The summed E-state index contributed by atoms with van der Waals surface area (Å²) in [6.45, 7) is 4.85. The monoisotopic (exact) mass is 414 g/mol. The number of benzene rings is 1. The SMILES string of the molecule is CCNC(Cc1ccc(F)cc1C)c1ncc(Br)cc1Br. The number of nitrogens with one attached hydrogen (secondary N) is 1. The number of rotatable bonds is 5. The maximum Gasteiger partial charge on any atom is 0.123 e. The Bertz CT molecular complexity index is 632. The van der Waals surface area contributed by atoms with Crippen molar-refractivity contribution < 1.29 is 4.39 Å². The summed E-state index contributed by atoms with van der Waals surface area (Å²) in [7, 11) is 0. The molecule has 0 radical (unpaired) electrons. The first-order valence-corrected chi connectivity index (χ1v) is 8.39. The Hall–Kier alpha value is -0.780. The lowest BCUT2D eigenvalue weighted by Gasteiger charge is -2.20. The molecule has 5 heteroatoms. The highest BCUT2D eigenvalue weighted by molar-refractivity contribution is 9.11. The van der Waals surface area contributed by atoms with Gasteiger partial charge in [-0.1, -0.05) is 13.0 Å². The Balaban J connectivity index is 2.30. The molecule has 0 spiro atoms. The van der Waals surface area contributed by atoms with Crippen LogP contribution in [0.25, 0.3) is 0 Å². The van der Waals surface area contributed by atoms with Crippen molar-refractivity contribution in [2.45, 2.75) is 26.3 Å². The number of pyridine rings is 1. The van der Waals surface area contributed by atoms with Gasteiger partial charge in [0.15, 0.2) is 0 Å². The van der Waals surface area contributed by atoms with Crippen LogP contribution in [0, 0.1) is 12.7 Å². The fraction of sp³-hybridized carbons (Fsp3) is 0.312. The first-order valence-electron chi connectivity index (χ1n) is 6.80. The van der Waals surface area contributed by atoms with E-state index in [0.29, 0.717) is 0 Å². The minimum atomic E-state index is -0.195. The fourth-order valence-corrected chi connectivity index (χ4v) is 3.57. The maximum absolute atomic E-state index is 13.2. The highest BCUT2D eigenvalue weighted by atomic mass is 79.9. The topological polar surface area (TPSA) is 24.9 Å². The summed E-state index contributed by atoms with van der Waals surface area (Å²) in [5.74, 6) is -0.195. The van der Waals surface area contributed by atoms with Gasteiger partial charge in [-0.3, -0.25) is 4.98 Å². The first-order chi connectivity index (χ1) is 10.0. The number of nitrogens with zero attached hydrogens (tertiary/aromatic N) is 1. The van der Waals surface area contributed by atoms with E-state index in [1.807, 2.05) is 19.1 Å². The fourth-order valence-electron chi connectivity index (χ4n) is 2.30. The molecule has 0 saturated heterocycles. The molecule has 1 unspecified atom stereocenters. The molecule has 0 bridgehead atoms. The summed E-state index contributed by atoms with van der Waals surface area (Å²) in [6, 6.07) is 7.01. The average Bonchev–Trinajstić information content (AvgIpc) is 2.41. The van der Waals surface area contributed by atoms with Crippen LogP contribution >= 0.6 is 31.9 Å². The number of hydrogen-bond acceptors (Lipinski definition) is 2. The standard InChI is InChI=1S/C16H17Br2FN2/c1-3-20-15(16-14(18)8-12(17)9-21-16)7-11-4-5-13(19)6-10(11)2/h4-6,8-9,15,20H,3,7H2,1-2H3. The predicted octanol–water partition coefficient (Wildman–Crippen LogP) is 4.95. The van der Waals surface area contributed by atoms with Gasteiger partial charge in [0.05, 0.1) is 11.7 Å². The zero-order chi connectivity index (χ0) is 15.4. The van der Waals surface area contributed by atoms with Gasteiger partial charge in [0, 0.05) is 15.1 Å².